The number of rotatable bonds is 5. The van der Waals surface area contributed by atoms with Crippen LogP contribution in [0.5, 0.6) is 11.5 Å². The molecule has 3 aromatic rings. The Kier molecular flexibility index (Phi) is 4.83. The summed E-state index contributed by atoms with van der Waals surface area (Å²) in [6.45, 7) is -1.07. The highest BCUT2D eigenvalue weighted by atomic mass is 19.3. The average molecular weight is 346 g/mol. The van der Waals surface area contributed by atoms with Crippen molar-refractivity contribution in [1.29, 1.82) is 0 Å². The second-order valence-corrected chi connectivity index (χ2v) is 5.58. The Morgan fingerprint density at radius 2 is 1.72 bits per heavy atom. The summed E-state index contributed by atoms with van der Waals surface area (Å²) in [5, 5.41) is 0.898. The molecule has 3 aromatic carbocycles. The van der Waals surface area contributed by atoms with Crippen molar-refractivity contribution in [3.63, 3.8) is 0 Å². The highest BCUT2D eigenvalue weighted by molar-refractivity contribution is 5.92. The third-order valence-corrected chi connectivity index (χ3v) is 4.11. The van der Waals surface area contributed by atoms with Gasteiger partial charge < -0.3 is 9.47 Å². The molecule has 0 heterocycles. The molecule has 0 aliphatic heterocycles. The van der Waals surface area contributed by atoms with Crippen LogP contribution in [0.2, 0.25) is 0 Å². The monoisotopic (exact) mass is 346 g/mol. The van der Waals surface area contributed by atoms with Gasteiger partial charge in [-0.3, -0.25) is 0 Å². The number of aryl methyl sites for hydroxylation is 1. The number of fused-ring (bicyclic) bond motifs is 1. The fraction of sp³-hybridized carbons (Fsp3) is 0.200. The number of halogens is 3. The van der Waals surface area contributed by atoms with E-state index < -0.39 is 12.4 Å². The summed E-state index contributed by atoms with van der Waals surface area (Å²) in [5.74, 6) is -0.173. The topological polar surface area (TPSA) is 18.5 Å². The maximum atomic E-state index is 15.1. The summed E-state index contributed by atoms with van der Waals surface area (Å²) in [6.07, 6.45) is 0.767. The van der Waals surface area contributed by atoms with Gasteiger partial charge in [0, 0.05) is 5.39 Å². The number of hydrogen-bond acceptors (Lipinski definition) is 2. The van der Waals surface area contributed by atoms with Crippen LogP contribution < -0.4 is 9.47 Å². The minimum absolute atomic E-state index is 0.0136. The van der Waals surface area contributed by atoms with Gasteiger partial charge in [-0.1, -0.05) is 37.3 Å². The first-order chi connectivity index (χ1) is 12.0. The normalized spacial score (nSPS) is 11.1. The van der Waals surface area contributed by atoms with Gasteiger partial charge in [-0.15, -0.1) is 0 Å². The van der Waals surface area contributed by atoms with E-state index in [-0.39, 0.29) is 11.3 Å². The third-order valence-electron chi connectivity index (χ3n) is 4.11. The lowest BCUT2D eigenvalue weighted by Gasteiger charge is -2.15. The lowest BCUT2D eigenvalue weighted by Crippen LogP contribution is -2.05. The zero-order valence-corrected chi connectivity index (χ0v) is 13.9. The highest BCUT2D eigenvalue weighted by Gasteiger charge is 2.19. The Balaban J connectivity index is 2.24. The Bertz CT molecular complexity index is 890. The van der Waals surface area contributed by atoms with Gasteiger partial charge in [0.1, 0.15) is 17.3 Å². The van der Waals surface area contributed by atoms with E-state index in [2.05, 4.69) is 4.74 Å². The molecular formula is C20H17F3O2. The van der Waals surface area contributed by atoms with Gasteiger partial charge in [-0.2, -0.15) is 8.78 Å². The molecule has 3 rings (SSSR count). The molecule has 25 heavy (non-hydrogen) atoms. The summed E-state index contributed by atoms with van der Waals surface area (Å²) >= 11 is 0. The molecule has 0 bridgehead atoms. The second-order valence-electron chi connectivity index (χ2n) is 5.58. The molecule has 130 valence electrons. The largest absolute Gasteiger partial charge is 0.497 e. The number of methoxy groups -OCH3 is 1. The van der Waals surface area contributed by atoms with Gasteiger partial charge in [0.15, 0.2) is 0 Å². The van der Waals surface area contributed by atoms with E-state index >= 15 is 4.39 Å². The maximum absolute atomic E-state index is 15.1. The molecule has 0 fully saturated rings. The van der Waals surface area contributed by atoms with Crippen LogP contribution in [-0.4, -0.2) is 13.7 Å². The molecule has 0 saturated carbocycles. The van der Waals surface area contributed by atoms with Crippen LogP contribution in [0.15, 0.2) is 48.5 Å². The maximum Gasteiger partial charge on any atom is 0.387 e. The first kappa shape index (κ1) is 17.1. The summed E-state index contributed by atoms with van der Waals surface area (Å²) in [6, 6.07) is 13.3. The average Bonchev–Trinajstić information content (AvgIpc) is 2.61. The first-order valence-corrected chi connectivity index (χ1v) is 7.88. The molecule has 0 spiro atoms. The first-order valence-electron chi connectivity index (χ1n) is 7.88. The van der Waals surface area contributed by atoms with Crippen molar-refractivity contribution in [2.45, 2.75) is 20.0 Å². The van der Waals surface area contributed by atoms with E-state index in [0.717, 1.165) is 12.0 Å². The van der Waals surface area contributed by atoms with Gasteiger partial charge in [0.2, 0.25) is 0 Å². The minimum atomic E-state index is -3.04. The van der Waals surface area contributed by atoms with Crippen LogP contribution in [0.4, 0.5) is 13.2 Å². The van der Waals surface area contributed by atoms with E-state index in [1.165, 1.54) is 13.2 Å². The summed E-state index contributed by atoms with van der Waals surface area (Å²) < 4.78 is 50.5. The van der Waals surface area contributed by atoms with E-state index in [1.807, 2.05) is 13.0 Å². The zero-order valence-electron chi connectivity index (χ0n) is 13.9. The van der Waals surface area contributed by atoms with Crippen molar-refractivity contribution in [2.75, 3.05) is 7.11 Å². The Labute approximate surface area is 143 Å². The van der Waals surface area contributed by atoms with Crippen molar-refractivity contribution in [2.24, 2.45) is 0 Å². The van der Waals surface area contributed by atoms with Gasteiger partial charge in [-0.25, -0.2) is 4.39 Å². The molecule has 0 unspecified atom stereocenters. The van der Waals surface area contributed by atoms with Crippen molar-refractivity contribution >= 4 is 10.8 Å². The van der Waals surface area contributed by atoms with Gasteiger partial charge in [0.05, 0.1) is 12.7 Å². The SMILES string of the molecule is CCc1ccc2c(F)c(-c3ccc(OC)cc3)c(OC(F)F)cc2c1. The minimum Gasteiger partial charge on any atom is -0.497 e. The van der Waals surface area contributed by atoms with Gasteiger partial charge in [-0.05, 0) is 41.1 Å². The lowest BCUT2D eigenvalue weighted by molar-refractivity contribution is -0.0494. The smallest absolute Gasteiger partial charge is 0.387 e. The lowest BCUT2D eigenvalue weighted by atomic mass is 9.97. The van der Waals surface area contributed by atoms with E-state index in [0.29, 0.717) is 22.1 Å². The van der Waals surface area contributed by atoms with Crippen molar-refractivity contribution < 1.29 is 22.6 Å². The van der Waals surface area contributed by atoms with Crippen LogP contribution in [0.25, 0.3) is 21.9 Å². The summed E-state index contributed by atoms with van der Waals surface area (Å²) in [4.78, 5) is 0. The van der Waals surface area contributed by atoms with Crippen molar-refractivity contribution in [1.82, 2.24) is 0 Å². The molecule has 0 N–H and O–H groups in total. The molecule has 0 saturated heterocycles. The second kappa shape index (κ2) is 7.05. The fourth-order valence-corrected chi connectivity index (χ4v) is 2.82. The molecule has 0 aromatic heterocycles. The molecular weight excluding hydrogens is 329 g/mol. The van der Waals surface area contributed by atoms with Gasteiger partial charge in [0.25, 0.3) is 0 Å². The number of alkyl halides is 2. The van der Waals surface area contributed by atoms with E-state index in [4.69, 9.17) is 4.74 Å². The molecule has 0 radical (unpaired) electrons. The Hall–Kier alpha value is -2.69. The van der Waals surface area contributed by atoms with E-state index in [1.54, 1.807) is 36.4 Å². The fourth-order valence-electron chi connectivity index (χ4n) is 2.82. The zero-order chi connectivity index (χ0) is 18.0. The number of hydrogen-bond donors (Lipinski definition) is 0. The van der Waals surface area contributed by atoms with E-state index in [9.17, 15) is 8.78 Å². The number of benzene rings is 3. The molecule has 5 heteroatoms. The summed E-state index contributed by atoms with van der Waals surface area (Å²) in [7, 11) is 1.52. The highest BCUT2D eigenvalue weighted by Crippen LogP contribution is 2.39. The number of ether oxygens (including phenoxy) is 2. The molecule has 2 nitrogen and oxygen atoms in total. The van der Waals surface area contributed by atoms with Crippen molar-refractivity contribution in [3.05, 3.63) is 59.9 Å². The predicted octanol–water partition coefficient (Wildman–Crippen LogP) is 5.82. The Morgan fingerprint density at radius 3 is 2.32 bits per heavy atom. The molecule has 0 atom stereocenters. The third kappa shape index (κ3) is 3.40. The van der Waals surface area contributed by atoms with Crippen LogP contribution >= 0.6 is 0 Å². The molecule has 0 amide bonds. The Morgan fingerprint density at radius 1 is 1.00 bits per heavy atom. The van der Waals surface area contributed by atoms with Crippen LogP contribution in [0.3, 0.4) is 0 Å². The molecule has 0 aliphatic rings. The predicted molar refractivity (Wildman–Crippen MR) is 91.9 cm³/mol. The van der Waals surface area contributed by atoms with Crippen LogP contribution in [0, 0.1) is 5.82 Å². The molecule has 0 aliphatic carbocycles. The van der Waals surface area contributed by atoms with Crippen molar-refractivity contribution in [3.8, 4) is 22.6 Å². The van der Waals surface area contributed by atoms with Gasteiger partial charge >= 0.3 is 6.61 Å². The quantitative estimate of drug-likeness (QED) is 0.580. The van der Waals surface area contributed by atoms with Crippen LogP contribution in [0.1, 0.15) is 12.5 Å². The van der Waals surface area contributed by atoms with Crippen LogP contribution in [-0.2, 0) is 6.42 Å². The standard InChI is InChI=1S/C20H17F3O2/c1-3-12-4-9-16-14(10-12)11-17(25-20(22)23)18(19(16)21)13-5-7-15(24-2)8-6-13/h4-11,20H,3H2,1-2H3. The summed E-state index contributed by atoms with van der Waals surface area (Å²) in [5.41, 5.74) is 1.45.